The van der Waals surface area contributed by atoms with E-state index < -0.39 is 0 Å². The summed E-state index contributed by atoms with van der Waals surface area (Å²) in [6.07, 6.45) is 8.73. The lowest BCUT2D eigenvalue weighted by atomic mass is 9.84. The zero-order valence-electron chi connectivity index (χ0n) is 13.0. The van der Waals surface area contributed by atoms with E-state index in [0.717, 1.165) is 24.9 Å². The van der Waals surface area contributed by atoms with Gasteiger partial charge in [-0.3, -0.25) is 4.79 Å². The summed E-state index contributed by atoms with van der Waals surface area (Å²) >= 11 is 0. The first-order valence-corrected chi connectivity index (χ1v) is 8.42. The van der Waals surface area contributed by atoms with E-state index in [1.165, 1.54) is 43.4 Å². The second-order valence-corrected chi connectivity index (χ2v) is 6.56. The topological polar surface area (TPSA) is 41.1 Å². The number of benzene rings is 1. The van der Waals surface area contributed by atoms with Gasteiger partial charge in [0.2, 0.25) is 0 Å². The van der Waals surface area contributed by atoms with Gasteiger partial charge >= 0.3 is 0 Å². The van der Waals surface area contributed by atoms with Crippen LogP contribution in [0.4, 0.5) is 5.69 Å². The minimum absolute atomic E-state index is 0.0847. The number of hydrogen-bond donors (Lipinski definition) is 2. The van der Waals surface area contributed by atoms with Crippen molar-refractivity contribution in [3.8, 4) is 0 Å². The average Bonchev–Trinajstić information content (AvgIpc) is 2.55. The Morgan fingerprint density at radius 1 is 1.24 bits per heavy atom. The molecule has 3 rings (SSSR count). The van der Waals surface area contributed by atoms with Gasteiger partial charge in [0.1, 0.15) is 0 Å². The van der Waals surface area contributed by atoms with Crippen molar-refractivity contribution in [2.24, 2.45) is 5.92 Å². The molecule has 1 amide bonds. The van der Waals surface area contributed by atoms with Crippen LogP contribution >= 0.6 is 0 Å². The molecule has 114 valence electrons. The monoisotopic (exact) mass is 286 g/mol. The van der Waals surface area contributed by atoms with Gasteiger partial charge in [-0.2, -0.15) is 0 Å². The molecule has 0 saturated heterocycles. The quantitative estimate of drug-likeness (QED) is 0.888. The molecule has 1 unspecified atom stereocenters. The molecular weight excluding hydrogens is 260 g/mol. The van der Waals surface area contributed by atoms with Gasteiger partial charge in [-0.05, 0) is 62.3 Å². The number of hydrogen-bond acceptors (Lipinski definition) is 2. The van der Waals surface area contributed by atoms with E-state index in [4.69, 9.17) is 0 Å². The fourth-order valence-corrected chi connectivity index (χ4v) is 3.66. The van der Waals surface area contributed by atoms with Crippen LogP contribution in [-0.4, -0.2) is 18.5 Å². The molecule has 1 fully saturated rings. The number of aryl methyl sites for hydroxylation is 1. The van der Waals surface area contributed by atoms with Crippen molar-refractivity contribution in [3.63, 3.8) is 0 Å². The normalized spacial score (nSPS) is 20.2. The highest BCUT2D eigenvalue weighted by molar-refractivity contribution is 5.95. The third-order valence-electron chi connectivity index (χ3n) is 5.02. The lowest BCUT2D eigenvalue weighted by Crippen LogP contribution is -2.38. The Balaban J connectivity index is 1.64. The van der Waals surface area contributed by atoms with Crippen molar-refractivity contribution in [3.05, 3.63) is 29.3 Å². The van der Waals surface area contributed by atoms with Crippen LogP contribution in [0.15, 0.2) is 18.2 Å². The van der Waals surface area contributed by atoms with E-state index >= 15 is 0 Å². The van der Waals surface area contributed by atoms with Crippen LogP contribution in [0.3, 0.4) is 0 Å². The summed E-state index contributed by atoms with van der Waals surface area (Å²) in [7, 11) is 0. The van der Waals surface area contributed by atoms with Crippen molar-refractivity contribution in [2.75, 3.05) is 11.9 Å². The van der Waals surface area contributed by atoms with Crippen LogP contribution in [0.5, 0.6) is 0 Å². The average molecular weight is 286 g/mol. The van der Waals surface area contributed by atoms with E-state index in [1.54, 1.807) is 0 Å². The largest absolute Gasteiger partial charge is 0.385 e. The van der Waals surface area contributed by atoms with Crippen molar-refractivity contribution in [1.82, 2.24) is 5.32 Å². The molecular formula is C18H26N2O. The summed E-state index contributed by atoms with van der Waals surface area (Å²) in [5.41, 5.74) is 3.28. The number of carbonyl (C=O) groups excluding carboxylic acids is 1. The first-order chi connectivity index (χ1) is 10.2. The van der Waals surface area contributed by atoms with E-state index in [9.17, 15) is 4.79 Å². The van der Waals surface area contributed by atoms with Gasteiger partial charge in [0.05, 0.1) is 0 Å². The molecule has 1 aliphatic heterocycles. The fourth-order valence-electron chi connectivity index (χ4n) is 3.66. The Hall–Kier alpha value is -1.51. The molecule has 1 atom stereocenters. The standard InChI is InChI=1S/C18H26N2O/c1-13(14-6-3-2-4-7-14)20-18(21)16-9-10-17-15(12-16)8-5-11-19-17/h9-10,12-14,19H,2-8,11H2,1H3,(H,20,21). The van der Waals surface area contributed by atoms with Crippen LogP contribution in [0, 0.1) is 5.92 Å². The van der Waals surface area contributed by atoms with Crippen LogP contribution < -0.4 is 10.6 Å². The van der Waals surface area contributed by atoms with Crippen LogP contribution in [0.25, 0.3) is 0 Å². The van der Waals surface area contributed by atoms with Gasteiger partial charge in [0.25, 0.3) is 5.91 Å². The number of fused-ring (bicyclic) bond motifs is 1. The van der Waals surface area contributed by atoms with Gasteiger partial charge in [0.15, 0.2) is 0 Å². The van der Waals surface area contributed by atoms with Gasteiger partial charge in [0, 0.05) is 23.8 Å². The summed E-state index contributed by atoms with van der Waals surface area (Å²) in [5.74, 6) is 0.739. The van der Waals surface area contributed by atoms with Crippen molar-refractivity contribution >= 4 is 11.6 Å². The number of nitrogens with one attached hydrogen (secondary N) is 2. The molecule has 0 spiro atoms. The van der Waals surface area contributed by atoms with E-state index in [1.807, 2.05) is 6.07 Å². The van der Waals surface area contributed by atoms with Crippen LogP contribution in [-0.2, 0) is 6.42 Å². The lowest BCUT2D eigenvalue weighted by molar-refractivity contribution is 0.0919. The molecule has 2 N–H and O–H groups in total. The van der Waals surface area contributed by atoms with Crippen molar-refractivity contribution in [1.29, 1.82) is 0 Å². The highest BCUT2D eigenvalue weighted by atomic mass is 16.1. The number of amides is 1. The highest BCUT2D eigenvalue weighted by Crippen LogP contribution is 2.27. The summed E-state index contributed by atoms with van der Waals surface area (Å²) in [6.45, 7) is 3.20. The molecule has 0 radical (unpaired) electrons. The second kappa shape index (κ2) is 6.50. The Labute approximate surface area is 127 Å². The maximum atomic E-state index is 12.5. The first kappa shape index (κ1) is 14.4. The molecule has 0 bridgehead atoms. The Kier molecular flexibility index (Phi) is 4.47. The summed E-state index contributed by atoms with van der Waals surface area (Å²) in [5, 5.41) is 6.60. The Morgan fingerprint density at radius 2 is 2.05 bits per heavy atom. The van der Waals surface area contributed by atoms with Gasteiger partial charge in [-0.15, -0.1) is 0 Å². The molecule has 1 saturated carbocycles. The molecule has 21 heavy (non-hydrogen) atoms. The maximum Gasteiger partial charge on any atom is 0.251 e. The minimum Gasteiger partial charge on any atom is -0.385 e. The molecule has 1 aliphatic carbocycles. The van der Waals surface area contributed by atoms with E-state index in [2.05, 4.69) is 29.7 Å². The van der Waals surface area contributed by atoms with E-state index in [-0.39, 0.29) is 11.9 Å². The van der Waals surface area contributed by atoms with Crippen molar-refractivity contribution in [2.45, 2.75) is 57.9 Å². The van der Waals surface area contributed by atoms with E-state index in [0.29, 0.717) is 5.92 Å². The summed E-state index contributed by atoms with van der Waals surface area (Å²) < 4.78 is 0. The molecule has 1 aromatic carbocycles. The number of rotatable bonds is 3. The zero-order chi connectivity index (χ0) is 14.7. The zero-order valence-corrected chi connectivity index (χ0v) is 13.0. The number of anilines is 1. The summed E-state index contributed by atoms with van der Waals surface area (Å²) in [6, 6.07) is 6.34. The second-order valence-electron chi connectivity index (χ2n) is 6.56. The fraction of sp³-hybridized carbons (Fsp3) is 0.611. The van der Waals surface area contributed by atoms with Gasteiger partial charge in [-0.25, -0.2) is 0 Å². The molecule has 1 aromatic rings. The molecule has 2 aliphatic rings. The highest BCUT2D eigenvalue weighted by Gasteiger charge is 2.22. The molecule has 1 heterocycles. The lowest BCUT2D eigenvalue weighted by Gasteiger charge is -2.28. The first-order valence-electron chi connectivity index (χ1n) is 8.42. The van der Waals surface area contributed by atoms with Crippen LogP contribution in [0.1, 0.15) is 61.4 Å². The van der Waals surface area contributed by atoms with Crippen LogP contribution in [0.2, 0.25) is 0 Å². The maximum absolute atomic E-state index is 12.5. The smallest absolute Gasteiger partial charge is 0.251 e. The van der Waals surface area contributed by atoms with Gasteiger partial charge in [-0.1, -0.05) is 19.3 Å². The van der Waals surface area contributed by atoms with Gasteiger partial charge < -0.3 is 10.6 Å². The summed E-state index contributed by atoms with van der Waals surface area (Å²) in [4.78, 5) is 12.5. The predicted octanol–water partition coefficient (Wildman–Crippen LogP) is 3.74. The predicted molar refractivity (Wildman–Crippen MR) is 86.8 cm³/mol. The third kappa shape index (κ3) is 3.39. The molecule has 0 aromatic heterocycles. The SMILES string of the molecule is CC(NC(=O)c1ccc2c(c1)CCCN2)C1CCCCC1. The molecule has 3 nitrogen and oxygen atoms in total. The third-order valence-corrected chi connectivity index (χ3v) is 5.02. The minimum atomic E-state index is 0.0847. The number of carbonyl (C=O) groups is 1. The molecule has 3 heteroatoms. The Bertz CT molecular complexity index is 506. The van der Waals surface area contributed by atoms with Crippen molar-refractivity contribution < 1.29 is 4.79 Å². The Morgan fingerprint density at radius 3 is 2.86 bits per heavy atom.